The first-order valence-corrected chi connectivity index (χ1v) is 13.9. The zero-order valence-corrected chi connectivity index (χ0v) is 21.3. The van der Waals surface area contributed by atoms with Gasteiger partial charge in [0.25, 0.3) is 0 Å². The van der Waals surface area contributed by atoms with Gasteiger partial charge in [-0.25, -0.2) is 0 Å². The summed E-state index contributed by atoms with van der Waals surface area (Å²) in [5.41, 5.74) is 0.359. The van der Waals surface area contributed by atoms with Gasteiger partial charge in [0.05, 0.1) is 5.60 Å². The first kappa shape index (κ1) is 24.1. The van der Waals surface area contributed by atoms with E-state index >= 15 is 0 Å². The van der Waals surface area contributed by atoms with Crippen molar-refractivity contribution in [2.24, 2.45) is 11.8 Å². The van der Waals surface area contributed by atoms with Crippen LogP contribution in [0.25, 0.3) is 0 Å². The van der Waals surface area contributed by atoms with Crippen LogP contribution in [0.15, 0.2) is 18.2 Å². The van der Waals surface area contributed by atoms with E-state index in [-0.39, 0.29) is 17.7 Å². The molecule has 2 aliphatic heterocycles. The molecule has 3 unspecified atom stereocenters. The van der Waals surface area contributed by atoms with Gasteiger partial charge in [0.15, 0.2) is 0 Å². The van der Waals surface area contributed by atoms with Crippen molar-refractivity contribution in [2.75, 3.05) is 26.2 Å². The van der Waals surface area contributed by atoms with Crippen molar-refractivity contribution in [3.8, 4) is 5.75 Å². The number of fused-ring (bicyclic) bond motifs is 1. The van der Waals surface area contributed by atoms with Crippen molar-refractivity contribution in [3.63, 3.8) is 0 Å². The van der Waals surface area contributed by atoms with Crippen molar-refractivity contribution in [2.45, 2.75) is 102 Å². The van der Waals surface area contributed by atoms with Crippen LogP contribution in [0.4, 0.5) is 0 Å². The molecule has 2 aliphatic carbocycles. The Labute approximate surface area is 205 Å². The molecule has 2 heterocycles. The largest absolute Gasteiger partial charge is 0.508 e. The van der Waals surface area contributed by atoms with Crippen LogP contribution in [-0.4, -0.2) is 63.7 Å². The van der Waals surface area contributed by atoms with Crippen LogP contribution in [-0.2, 0) is 10.2 Å². The summed E-state index contributed by atoms with van der Waals surface area (Å²) in [4.78, 5) is 18.3. The predicted octanol–water partition coefficient (Wildman–Crippen LogP) is 4.77. The van der Waals surface area contributed by atoms with Gasteiger partial charge < -0.3 is 15.1 Å². The van der Waals surface area contributed by atoms with E-state index in [0.29, 0.717) is 19.4 Å². The third kappa shape index (κ3) is 4.39. The maximum absolute atomic E-state index is 13.8. The molecule has 34 heavy (non-hydrogen) atoms. The first-order chi connectivity index (χ1) is 16.3. The second-order valence-corrected chi connectivity index (χ2v) is 12.0. The molecule has 5 rings (SSSR count). The molecule has 4 fully saturated rings. The van der Waals surface area contributed by atoms with E-state index in [2.05, 4.69) is 23.6 Å². The maximum Gasteiger partial charge on any atom is 0.223 e. The lowest BCUT2D eigenvalue weighted by molar-refractivity contribution is -0.145. The highest BCUT2D eigenvalue weighted by Gasteiger charge is 2.61. The SMILES string of the molecule is Cc1ccc(O)cc1C12CCN(CC3CC3)C(C)C1(O)CCN(CCC1CCCCC1)C(=O)C2. The molecule has 1 aromatic rings. The van der Waals surface area contributed by atoms with Crippen LogP contribution >= 0.6 is 0 Å². The third-order valence-corrected chi connectivity index (χ3v) is 9.92. The molecule has 2 saturated heterocycles. The minimum absolute atomic E-state index is 0.0188. The molecule has 5 nitrogen and oxygen atoms in total. The summed E-state index contributed by atoms with van der Waals surface area (Å²) in [7, 11) is 0. The molecule has 0 aromatic heterocycles. The smallest absolute Gasteiger partial charge is 0.223 e. The second kappa shape index (κ2) is 9.46. The van der Waals surface area contributed by atoms with Gasteiger partial charge in [0.1, 0.15) is 5.75 Å². The number of carbonyl (C=O) groups is 1. The Morgan fingerprint density at radius 1 is 1.03 bits per heavy atom. The molecular formula is C29H44N2O3. The molecule has 0 spiro atoms. The highest BCUT2D eigenvalue weighted by Crippen LogP contribution is 2.53. The fourth-order valence-electron chi connectivity index (χ4n) is 7.46. The van der Waals surface area contributed by atoms with E-state index in [0.717, 1.165) is 55.4 Å². The van der Waals surface area contributed by atoms with E-state index in [9.17, 15) is 15.0 Å². The number of amides is 1. The molecule has 188 valence electrons. The molecule has 4 aliphatic rings. The van der Waals surface area contributed by atoms with Gasteiger partial charge in [-0.05, 0) is 87.6 Å². The van der Waals surface area contributed by atoms with Crippen molar-refractivity contribution < 1.29 is 15.0 Å². The van der Waals surface area contributed by atoms with Crippen LogP contribution in [0.2, 0.25) is 0 Å². The van der Waals surface area contributed by atoms with Gasteiger partial charge in [-0.2, -0.15) is 0 Å². The number of nitrogens with zero attached hydrogens (tertiary/aromatic N) is 2. The summed E-state index contributed by atoms with van der Waals surface area (Å²) >= 11 is 0. The highest BCUT2D eigenvalue weighted by molar-refractivity contribution is 5.79. The van der Waals surface area contributed by atoms with Crippen LogP contribution in [0.1, 0.15) is 88.7 Å². The Balaban J connectivity index is 1.46. The van der Waals surface area contributed by atoms with Crippen LogP contribution in [0, 0.1) is 18.8 Å². The van der Waals surface area contributed by atoms with E-state index in [1.54, 1.807) is 6.07 Å². The second-order valence-electron chi connectivity index (χ2n) is 12.0. The summed E-state index contributed by atoms with van der Waals surface area (Å²) < 4.78 is 0. The monoisotopic (exact) mass is 468 g/mol. The summed E-state index contributed by atoms with van der Waals surface area (Å²) in [6.07, 6.45) is 12.0. The highest BCUT2D eigenvalue weighted by atomic mass is 16.3. The zero-order chi connectivity index (χ0) is 23.9. The number of likely N-dealkylation sites (tertiary alicyclic amines) is 2. The van der Waals surface area contributed by atoms with Crippen LogP contribution in [0.3, 0.4) is 0 Å². The molecule has 5 heteroatoms. The first-order valence-electron chi connectivity index (χ1n) is 13.9. The fraction of sp³-hybridized carbons (Fsp3) is 0.759. The molecular weight excluding hydrogens is 424 g/mol. The zero-order valence-electron chi connectivity index (χ0n) is 21.3. The number of hydrogen-bond acceptors (Lipinski definition) is 4. The van der Waals surface area contributed by atoms with Gasteiger partial charge >= 0.3 is 0 Å². The summed E-state index contributed by atoms with van der Waals surface area (Å²) in [6.45, 7) is 7.62. The number of aliphatic hydroxyl groups is 1. The van der Waals surface area contributed by atoms with Crippen molar-refractivity contribution >= 4 is 5.91 Å². The number of aromatic hydroxyl groups is 1. The van der Waals surface area contributed by atoms with E-state index in [4.69, 9.17) is 0 Å². The lowest BCUT2D eigenvalue weighted by Gasteiger charge is -2.57. The molecule has 1 aromatic carbocycles. The Morgan fingerprint density at radius 2 is 1.79 bits per heavy atom. The molecule has 2 N–H and O–H groups in total. The fourth-order valence-corrected chi connectivity index (χ4v) is 7.46. The number of piperidine rings is 1. The average Bonchev–Trinajstić information content (AvgIpc) is 3.66. The number of rotatable bonds is 6. The number of aryl methyl sites for hydroxylation is 1. The Morgan fingerprint density at radius 3 is 2.53 bits per heavy atom. The van der Waals surface area contributed by atoms with Gasteiger partial charge in [-0.3, -0.25) is 9.69 Å². The van der Waals surface area contributed by atoms with Crippen LogP contribution in [0.5, 0.6) is 5.75 Å². The molecule has 0 radical (unpaired) electrons. The van der Waals surface area contributed by atoms with Gasteiger partial charge in [0, 0.05) is 37.5 Å². The number of carbonyl (C=O) groups excluding carboxylic acids is 1. The summed E-state index contributed by atoms with van der Waals surface area (Å²) in [6, 6.07) is 5.47. The Bertz CT molecular complexity index is 893. The average molecular weight is 469 g/mol. The molecule has 1 amide bonds. The minimum Gasteiger partial charge on any atom is -0.508 e. The number of hydrogen-bond donors (Lipinski definition) is 2. The van der Waals surface area contributed by atoms with E-state index in [1.165, 1.54) is 44.9 Å². The Kier molecular flexibility index (Phi) is 6.71. The lowest BCUT2D eigenvalue weighted by Crippen LogP contribution is -2.68. The summed E-state index contributed by atoms with van der Waals surface area (Å²) in [5, 5.41) is 23.0. The minimum atomic E-state index is -1.01. The number of phenolic OH excluding ortho intramolecular Hbond substituents is 1. The maximum atomic E-state index is 13.8. The normalized spacial score (nSPS) is 33.6. The van der Waals surface area contributed by atoms with E-state index in [1.807, 2.05) is 12.1 Å². The van der Waals surface area contributed by atoms with Gasteiger partial charge in [-0.1, -0.05) is 38.2 Å². The molecule has 0 bridgehead atoms. The van der Waals surface area contributed by atoms with Crippen molar-refractivity contribution in [3.05, 3.63) is 29.3 Å². The summed E-state index contributed by atoms with van der Waals surface area (Å²) in [5.74, 6) is 1.90. The van der Waals surface area contributed by atoms with Crippen molar-refractivity contribution in [1.29, 1.82) is 0 Å². The standard InChI is InChI=1S/C29H44N2O3/c1-21-8-11-25(32)18-26(21)28-13-16-31(20-24-9-10-24)22(2)29(28,34)14-17-30(27(33)19-28)15-12-23-6-4-3-5-7-23/h8,11,18,22-24,32,34H,3-7,9-10,12-17,19-20H2,1-2H3. The lowest BCUT2D eigenvalue weighted by atomic mass is 9.57. The van der Waals surface area contributed by atoms with Gasteiger partial charge in [0.2, 0.25) is 5.91 Å². The quantitative estimate of drug-likeness (QED) is 0.631. The number of benzene rings is 1. The topological polar surface area (TPSA) is 64.0 Å². The third-order valence-electron chi connectivity index (χ3n) is 9.92. The molecule has 2 saturated carbocycles. The van der Waals surface area contributed by atoms with Crippen molar-refractivity contribution in [1.82, 2.24) is 9.80 Å². The molecule has 3 atom stereocenters. The van der Waals surface area contributed by atoms with Crippen LogP contribution < -0.4 is 0 Å². The van der Waals surface area contributed by atoms with Gasteiger partial charge in [-0.15, -0.1) is 0 Å². The Hall–Kier alpha value is -1.59. The van der Waals surface area contributed by atoms with E-state index < -0.39 is 11.0 Å². The number of phenols is 1. The predicted molar refractivity (Wildman–Crippen MR) is 135 cm³/mol.